The molecule has 1 aromatic carbocycles. The summed E-state index contributed by atoms with van der Waals surface area (Å²) in [7, 11) is 8.44. The Bertz CT molecular complexity index is 274. The van der Waals surface area contributed by atoms with Crippen molar-refractivity contribution >= 4 is 31.6 Å². The van der Waals surface area contributed by atoms with E-state index in [0.29, 0.717) is 0 Å². The van der Waals surface area contributed by atoms with Gasteiger partial charge in [0, 0.05) is 21.1 Å². The van der Waals surface area contributed by atoms with E-state index in [2.05, 4.69) is 37.3 Å². The first-order valence-corrected chi connectivity index (χ1v) is 4.77. The maximum atomic E-state index is 3.16. The van der Waals surface area contributed by atoms with E-state index in [-0.39, 0.29) is 0 Å². The fourth-order valence-corrected chi connectivity index (χ4v) is 1.66. The van der Waals surface area contributed by atoms with Crippen molar-refractivity contribution in [3.8, 4) is 0 Å². The Morgan fingerprint density at radius 2 is 1.38 bits per heavy atom. The summed E-state index contributed by atoms with van der Waals surface area (Å²) in [4.78, 5) is 0. The van der Waals surface area contributed by atoms with Crippen LogP contribution in [0, 0.1) is 0 Å². The Morgan fingerprint density at radius 3 is 1.69 bits per heavy atom. The minimum Gasteiger partial charge on any atom is -0.386 e. The maximum Gasteiger partial charge on any atom is 0.0809 e. The molecule has 1 rings (SSSR count). The van der Waals surface area contributed by atoms with E-state index in [0.717, 1.165) is 22.4 Å². The molecule has 13 heavy (non-hydrogen) atoms. The first kappa shape index (κ1) is 10.1. The van der Waals surface area contributed by atoms with E-state index in [1.807, 2.05) is 21.1 Å². The van der Waals surface area contributed by atoms with Crippen molar-refractivity contribution in [2.75, 3.05) is 37.1 Å². The third-order valence-corrected chi connectivity index (χ3v) is 2.28. The van der Waals surface area contributed by atoms with Crippen molar-refractivity contribution in [1.82, 2.24) is 0 Å². The quantitative estimate of drug-likeness (QED) is 0.639. The van der Waals surface area contributed by atoms with Crippen LogP contribution in [-0.4, -0.2) is 21.1 Å². The fraction of sp³-hybridized carbons (Fsp3) is 0.333. The number of hydrogen-bond acceptors (Lipinski definition) is 3. The van der Waals surface area contributed by atoms with Gasteiger partial charge in [-0.2, -0.15) is 0 Å². The molecule has 1 aromatic rings. The minimum absolute atomic E-state index is 1.09. The molecule has 3 nitrogen and oxygen atoms in total. The maximum absolute atomic E-state index is 3.16. The van der Waals surface area contributed by atoms with Crippen LogP contribution in [-0.2, 0) is 0 Å². The summed E-state index contributed by atoms with van der Waals surface area (Å²) in [6.45, 7) is 0. The third-order valence-electron chi connectivity index (χ3n) is 1.95. The molecule has 0 saturated heterocycles. The molecule has 0 aliphatic carbocycles. The van der Waals surface area contributed by atoms with Crippen LogP contribution in [0.25, 0.3) is 0 Å². The second kappa shape index (κ2) is 4.33. The lowest BCUT2D eigenvalue weighted by atomic mass is 10.2. The average Bonchev–Trinajstić information content (AvgIpc) is 2.16. The van der Waals surface area contributed by atoms with E-state index in [1.54, 1.807) is 0 Å². The highest BCUT2D eigenvalue weighted by atomic mass is 31.0. The zero-order chi connectivity index (χ0) is 9.84. The topological polar surface area (TPSA) is 36.1 Å². The van der Waals surface area contributed by atoms with Crippen molar-refractivity contribution in [1.29, 1.82) is 0 Å². The van der Waals surface area contributed by atoms with Crippen LogP contribution in [0.5, 0.6) is 0 Å². The van der Waals surface area contributed by atoms with Gasteiger partial charge in [-0.05, 0) is 17.4 Å². The van der Waals surface area contributed by atoms with Crippen molar-refractivity contribution in [2.24, 2.45) is 0 Å². The van der Waals surface area contributed by atoms with Gasteiger partial charge in [0.1, 0.15) is 0 Å². The number of anilines is 3. The molecule has 1 unspecified atom stereocenters. The van der Waals surface area contributed by atoms with Gasteiger partial charge in [0.2, 0.25) is 0 Å². The number of nitrogens with one attached hydrogen (secondary N) is 3. The van der Waals surface area contributed by atoms with E-state index in [4.69, 9.17) is 0 Å². The lowest BCUT2D eigenvalue weighted by Crippen LogP contribution is -2.05. The monoisotopic (exact) mass is 197 g/mol. The van der Waals surface area contributed by atoms with Gasteiger partial charge in [0.05, 0.1) is 17.1 Å². The first-order chi connectivity index (χ1) is 6.22. The zero-order valence-corrected chi connectivity index (χ0v) is 9.39. The Balaban J connectivity index is 3.25. The number of benzene rings is 1. The summed E-state index contributed by atoms with van der Waals surface area (Å²) < 4.78 is 0. The average molecular weight is 197 g/mol. The van der Waals surface area contributed by atoms with Gasteiger partial charge in [-0.1, -0.05) is 0 Å². The largest absolute Gasteiger partial charge is 0.386 e. The molecule has 0 bridgehead atoms. The fourth-order valence-electron chi connectivity index (χ4n) is 1.33. The highest BCUT2D eigenvalue weighted by molar-refractivity contribution is 7.27. The third kappa shape index (κ3) is 2.04. The van der Waals surface area contributed by atoms with E-state index in [1.165, 1.54) is 0 Å². The van der Waals surface area contributed by atoms with Gasteiger partial charge in [0.15, 0.2) is 0 Å². The molecular formula is C9H16N3P. The molecule has 0 saturated carbocycles. The molecule has 1 atom stereocenters. The lowest BCUT2D eigenvalue weighted by Gasteiger charge is -2.14. The van der Waals surface area contributed by atoms with Crippen LogP contribution >= 0.6 is 9.24 Å². The van der Waals surface area contributed by atoms with Crippen molar-refractivity contribution < 1.29 is 0 Å². The Morgan fingerprint density at radius 1 is 0.923 bits per heavy atom. The molecule has 0 aliphatic heterocycles. The van der Waals surface area contributed by atoms with Gasteiger partial charge < -0.3 is 16.0 Å². The molecule has 0 spiro atoms. The molecule has 0 radical (unpaired) electrons. The van der Waals surface area contributed by atoms with E-state index in [9.17, 15) is 0 Å². The van der Waals surface area contributed by atoms with Gasteiger partial charge in [0.25, 0.3) is 0 Å². The second-order valence-corrected chi connectivity index (χ2v) is 3.41. The molecule has 0 aliphatic rings. The normalized spacial score (nSPS) is 9.54. The standard InChI is InChI=1S/C9H16N3P/c1-10-7-4-6(13)5-8(11-2)9(7)12-3/h4-5,10-12H,13H2,1-3H3. The molecule has 0 fully saturated rings. The Hall–Kier alpha value is -0.950. The summed E-state index contributed by atoms with van der Waals surface area (Å²) >= 11 is 0. The molecule has 0 aromatic heterocycles. The summed E-state index contributed by atoms with van der Waals surface area (Å²) in [6.07, 6.45) is 0. The summed E-state index contributed by atoms with van der Waals surface area (Å²) in [5, 5.41) is 10.6. The lowest BCUT2D eigenvalue weighted by molar-refractivity contribution is 1.43. The summed E-state index contributed by atoms with van der Waals surface area (Å²) in [6, 6.07) is 4.16. The first-order valence-electron chi connectivity index (χ1n) is 4.19. The van der Waals surface area contributed by atoms with Crippen molar-refractivity contribution in [2.45, 2.75) is 0 Å². The van der Waals surface area contributed by atoms with Gasteiger partial charge in [-0.15, -0.1) is 9.24 Å². The van der Waals surface area contributed by atoms with Crippen LogP contribution in [0.2, 0.25) is 0 Å². The van der Waals surface area contributed by atoms with Crippen molar-refractivity contribution in [3.63, 3.8) is 0 Å². The van der Waals surface area contributed by atoms with Crippen LogP contribution < -0.4 is 21.3 Å². The highest BCUT2D eigenvalue weighted by Gasteiger charge is 2.05. The molecular weight excluding hydrogens is 181 g/mol. The molecule has 0 amide bonds. The smallest absolute Gasteiger partial charge is 0.0809 e. The van der Waals surface area contributed by atoms with Gasteiger partial charge in [-0.3, -0.25) is 0 Å². The van der Waals surface area contributed by atoms with Crippen molar-refractivity contribution in [3.05, 3.63) is 12.1 Å². The second-order valence-electron chi connectivity index (χ2n) is 2.74. The molecule has 0 heterocycles. The summed E-state index contributed by atoms with van der Waals surface area (Å²) in [5.41, 5.74) is 3.29. The number of hydrogen-bond donors (Lipinski definition) is 3. The molecule has 4 heteroatoms. The Labute approximate surface area is 81.5 Å². The van der Waals surface area contributed by atoms with Crippen LogP contribution in [0.1, 0.15) is 0 Å². The Kier molecular flexibility index (Phi) is 3.38. The summed E-state index contributed by atoms with van der Waals surface area (Å²) in [5.74, 6) is 0. The predicted molar refractivity (Wildman–Crippen MR) is 64.4 cm³/mol. The van der Waals surface area contributed by atoms with E-state index < -0.39 is 0 Å². The predicted octanol–water partition coefficient (Wildman–Crippen LogP) is 1.31. The van der Waals surface area contributed by atoms with Gasteiger partial charge in [-0.25, -0.2) is 0 Å². The van der Waals surface area contributed by atoms with Crippen LogP contribution in [0.3, 0.4) is 0 Å². The van der Waals surface area contributed by atoms with Crippen LogP contribution in [0.4, 0.5) is 17.1 Å². The van der Waals surface area contributed by atoms with Crippen LogP contribution in [0.15, 0.2) is 12.1 Å². The minimum atomic E-state index is 1.09. The van der Waals surface area contributed by atoms with Gasteiger partial charge >= 0.3 is 0 Å². The zero-order valence-electron chi connectivity index (χ0n) is 8.23. The van der Waals surface area contributed by atoms with E-state index >= 15 is 0 Å². The SMILES string of the molecule is CNc1cc(P)cc(NC)c1NC. The molecule has 72 valence electrons. The highest BCUT2D eigenvalue weighted by Crippen LogP contribution is 2.29. The number of rotatable bonds is 3. The molecule has 3 N–H and O–H groups in total.